The van der Waals surface area contributed by atoms with Crippen molar-refractivity contribution in [1.82, 2.24) is 4.98 Å². The van der Waals surface area contributed by atoms with Crippen molar-refractivity contribution >= 4 is 28.1 Å². The minimum atomic E-state index is -0.220. The summed E-state index contributed by atoms with van der Waals surface area (Å²) < 4.78 is 10.1. The first kappa shape index (κ1) is 15.3. The van der Waals surface area contributed by atoms with E-state index in [1.807, 2.05) is 36.6 Å². The van der Waals surface area contributed by atoms with Crippen LogP contribution in [0.3, 0.4) is 0 Å². The molecule has 1 N–H and O–H groups in total. The lowest BCUT2D eigenvalue weighted by molar-refractivity contribution is -0.140. The number of anilines is 2. The quantitative estimate of drug-likeness (QED) is 0.795. The Labute approximate surface area is 127 Å². The van der Waals surface area contributed by atoms with Gasteiger partial charge < -0.3 is 14.8 Å². The average Bonchev–Trinajstić information content (AvgIpc) is 2.93. The van der Waals surface area contributed by atoms with Crippen LogP contribution in [0.1, 0.15) is 19.0 Å². The summed E-state index contributed by atoms with van der Waals surface area (Å²) in [7, 11) is 1.39. The molecule has 0 fully saturated rings. The molecule has 0 radical (unpaired) electrons. The van der Waals surface area contributed by atoms with Crippen molar-refractivity contribution in [2.24, 2.45) is 0 Å². The van der Waals surface area contributed by atoms with Gasteiger partial charge in [-0.15, -0.1) is 11.3 Å². The van der Waals surface area contributed by atoms with Gasteiger partial charge in [0.15, 0.2) is 5.13 Å². The van der Waals surface area contributed by atoms with Crippen LogP contribution in [0.25, 0.3) is 0 Å². The number of hydrogen-bond acceptors (Lipinski definition) is 6. The Morgan fingerprint density at radius 2 is 2.29 bits per heavy atom. The second-order valence-corrected chi connectivity index (χ2v) is 5.16. The highest BCUT2D eigenvalue weighted by Gasteiger charge is 2.06. The Morgan fingerprint density at radius 3 is 3.05 bits per heavy atom. The van der Waals surface area contributed by atoms with E-state index in [-0.39, 0.29) is 5.97 Å². The summed E-state index contributed by atoms with van der Waals surface area (Å²) in [4.78, 5) is 15.6. The maximum Gasteiger partial charge on any atom is 0.305 e. The third kappa shape index (κ3) is 4.75. The van der Waals surface area contributed by atoms with Gasteiger partial charge in [0.1, 0.15) is 5.75 Å². The molecule has 6 heteroatoms. The highest BCUT2D eigenvalue weighted by atomic mass is 32.1. The molecule has 0 spiro atoms. The van der Waals surface area contributed by atoms with Gasteiger partial charge >= 0.3 is 5.97 Å². The van der Waals surface area contributed by atoms with Crippen LogP contribution in [0.15, 0.2) is 29.6 Å². The number of nitrogens with zero attached hydrogens (tertiary/aromatic N) is 1. The normalized spacial score (nSPS) is 10.2. The Morgan fingerprint density at radius 1 is 1.43 bits per heavy atom. The second-order valence-electron chi connectivity index (χ2n) is 4.31. The van der Waals surface area contributed by atoms with Crippen molar-refractivity contribution < 1.29 is 14.3 Å². The second kappa shape index (κ2) is 7.64. The van der Waals surface area contributed by atoms with Crippen molar-refractivity contribution in [3.05, 3.63) is 35.3 Å². The molecule has 112 valence electrons. The van der Waals surface area contributed by atoms with Crippen molar-refractivity contribution in [1.29, 1.82) is 0 Å². The molecule has 0 unspecified atom stereocenters. The Kier molecular flexibility index (Phi) is 5.57. The summed E-state index contributed by atoms with van der Waals surface area (Å²) in [5, 5.41) is 5.97. The lowest BCUT2D eigenvalue weighted by Crippen LogP contribution is -2.02. The van der Waals surface area contributed by atoms with Crippen molar-refractivity contribution in [3.63, 3.8) is 0 Å². The molecule has 0 aliphatic carbocycles. The van der Waals surface area contributed by atoms with Gasteiger partial charge in [0, 0.05) is 23.6 Å². The number of ether oxygens (including phenoxy) is 2. The van der Waals surface area contributed by atoms with Gasteiger partial charge in [-0.1, -0.05) is 6.07 Å². The van der Waals surface area contributed by atoms with Gasteiger partial charge in [-0.25, -0.2) is 4.98 Å². The van der Waals surface area contributed by atoms with Gasteiger partial charge in [-0.05, 0) is 19.1 Å². The van der Waals surface area contributed by atoms with Gasteiger partial charge in [0.05, 0.1) is 25.8 Å². The molecule has 0 saturated carbocycles. The number of hydrogen-bond donors (Lipinski definition) is 1. The van der Waals surface area contributed by atoms with Gasteiger partial charge in [-0.3, -0.25) is 4.79 Å². The first-order chi connectivity index (χ1) is 10.2. The SMILES string of the molecule is CCOc1cccc(Nc2nc(CCC(=O)OC)cs2)c1. The number of benzene rings is 1. The van der Waals surface area contributed by atoms with E-state index in [1.54, 1.807) is 0 Å². The molecule has 2 aromatic rings. The molecular weight excluding hydrogens is 288 g/mol. The number of carbonyl (C=O) groups is 1. The van der Waals surface area contributed by atoms with Gasteiger partial charge in [-0.2, -0.15) is 0 Å². The van der Waals surface area contributed by atoms with E-state index in [1.165, 1.54) is 18.4 Å². The summed E-state index contributed by atoms with van der Waals surface area (Å²) in [5.41, 5.74) is 1.81. The van der Waals surface area contributed by atoms with Crippen LogP contribution < -0.4 is 10.1 Å². The lowest BCUT2D eigenvalue weighted by atomic mass is 10.2. The lowest BCUT2D eigenvalue weighted by Gasteiger charge is -2.06. The number of carbonyl (C=O) groups excluding carboxylic acids is 1. The number of nitrogens with one attached hydrogen (secondary N) is 1. The van der Waals surface area contributed by atoms with Gasteiger partial charge in [0.2, 0.25) is 0 Å². The highest BCUT2D eigenvalue weighted by molar-refractivity contribution is 7.13. The molecular formula is C15H18N2O3S. The maximum atomic E-state index is 11.1. The predicted molar refractivity (Wildman–Crippen MR) is 83.3 cm³/mol. The van der Waals surface area contributed by atoms with Crippen LogP contribution in [0.4, 0.5) is 10.8 Å². The molecule has 1 aromatic carbocycles. The van der Waals surface area contributed by atoms with Crippen LogP contribution in [-0.4, -0.2) is 24.7 Å². The first-order valence-corrected chi connectivity index (χ1v) is 7.60. The molecule has 0 saturated heterocycles. The first-order valence-electron chi connectivity index (χ1n) is 6.72. The van der Waals surface area contributed by atoms with E-state index in [0.29, 0.717) is 19.4 Å². The van der Waals surface area contributed by atoms with E-state index in [2.05, 4.69) is 15.0 Å². The van der Waals surface area contributed by atoms with E-state index >= 15 is 0 Å². The number of aromatic nitrogens is 1. The minimum absolute atomic E-state index is 0.220. The average molecular weight is 306 g/mol. The van der Waals surface area contributed by atoms with E-state index in [4.69, 9.17) is 4.74 Å². The maximum absolute atomic E-state index is 11.1. The van der Waals surface area contributed by atoms with Crippen LogP contribution in [-0.2, 0) is 16.0 Å². The van der Waals surface area contributed by atoms with Crippen molar-refractivity contribution in [2.45, 2.75) is 19.8 Å². The smallest absolute Gasteiger partial charge is 0.305 e. The number of esters is 1. The van der Waals surface area contributed by atoms with Crippen LogP contribution in [0, 0.1) is 0 Å². The molecule has 0 aliphatic heterocycles. The van der Waals surface area contributed by atoms with E-state index < -0.39 is 0 Å². The zero-order valence-electron chi connectivity index (χ0n) is 12.1. The zero-order valence-corrected chi connectivity index (χ0v) is 12.9. The number of thiazole rings is 1. The molecule has 21 heavy (non-hydrogen) atoms. The molecule has 1 aromatic heterocycles. The number of aryl methyl sites for hydroxylation is 1. The van der Waals surface area contributed by atoms with E-state index in [0.717, 1.165) is 22.3 Å². The molecule has 5 nitrogen and oxygen atoms in total. The monoisotopic (exact) mass is 306 g/mol. The minimum Gasteiger partial charge on any atom is -0.494 e. The fourth-order valence-electron chi connectivity index (χ4n) is 1.77. The van der Waals surface area contributed by atoms with Crippen LogP contribution >= 0.6 is 11.3 Å². The fraction of sp³-hybridized carbons (Fsp3) is 0.333. The summed E-state index contributed by atoms with van der Waals surface area (Å²) in [6.07, 6.45) is 0.934. The topological polar surface area (TPSA) is 60.5 Å². The molecule has 0 atom stereocenters. The Hall–Kier alpha value is -2.08. The van der Waals surface area contributed by atoms with Crippen molar-refractivity contribution in [3.8, 4) is 5.75 Å². The Bertz CT molecular complexity index is 598. The molecule has 0 aliphatic rings. The largest absolute Gasteiger partial charge is 0.494 e. The van der Waals surface area contributed by atoms with Crippen molar-refractivity contribution in [2.75, 3.05) is 19.0 Å². The zero-order chi connectivity index (χ0) is 15.1. The summed E-state index contributed by atoms with van der Waals surface area (Å²) in [6, 6.07) is 7.73. The third-order valence-electron chi connectivity index (χ3n) is 2.76. The standard InChI is InChI=1S/C15H18N2O3S/c1-3-20-13-6-4-5-11(9-13)16-15-17-12(10-21-15)7-8-14(18)19-2/h4-6,9-10H,3,7-8H2,1-2H3,(H,16,17). The summed E-state index contributed by atoms with van der Waals surface area (Å²) >= 11 is 1.51. The summed E-state index contributed by atoms with van der Waals surface area (Å²) in [5.74, 6) is 0.604. The molecule has 0 amide bonds. The Balaban J connectivity index is 1.95. The molecule has 2 rings (SSSR count). The number of rotatable bonds is 7. The van der Waals surface area contributed by atoms with Crippen LogP contribution in [0.2, 0.25) is 0 Å². The molecule has 0 bridgehead atoms. The fourth-order valence-corrected chi connectivity index (χ4v) is 2.53. The molecule has 1 heterocycles. The highest BCUT2D eigenvalue weighted by Crippen LogP contribution is 2.24. The summed E-state index contributed by atoms with van der Waals surface area (Å²) in [6.45, 7) is 2.59. The number of methoxy groups -OCH3 is 1. The van der Waals surface area contributed by atoms with Gasteiger partial charge in [0.25, 0.3) is 0 Å². The van der Waals surface area contributed by atoms with Crippen LogP contribution in [0.5, 0.6) is 5.75 Å². The third-order valence-corrected chi connectivity index (χ3v) is 3.57. The van der Waals surface area contributed by atoms with E-state index in [9.17, 15) is 4.79 Å². The predicted octanol–water partition coefficient (Wildman–Crippen LogP) is 3.39.